The van der Waals surface area contributed by atoms with Gasteiger partial charge in [0, 0.05) is 12.1 Å². The SMILES string of the molecule is Cc1noc([C@H]2CCCN(Cn3[nH]c(-c4ccccc4)nc3=S)C2)n1. The maximum absolute atomic E-state index is 5.42. The molecule has 0 bridgehead atoms. The summed E-state index contributed by atoms with van der Waals surface area (Å²) in [6, 6.07) is 10.0. The molecule has 0 unspecified atom stereocenters. The molecule has 3 aromatic rings. The fourth-order valence-corrected chi connectivity index (χ4v) is 3.44. The minimum absolute atomic E-state index is 0.278. The van der Waals surface area contributed by atoms with Gasteiger partial charge in [0.15, 0.2) is 11.6 Å². The Bertz CT molecular complexity index is 899. The number of aromatic amines is 1. The van der Waals surface area contributed by atoms with Gasteiger partial charge in [-0.3, -0.25) is 10.00 Å². The predicted molar refractivity (Wildman–Crippen MR) is 95.4 cm³/mol. The topological polar surface area (TPSA) is 75.8 Å². The molecular weight excluding hydrogens is 336 g/mol. The fourth-order valence-electron chi connectivity index (χ4n) is 3.24. The van der Waals surface area contributed by atoms with E-state index in [9.17, 15) is 0 Å². The van der Waals surface area contributed by atoms with Crippen LogP contribution in [0.2, 0.25) is 0 Å². The minimum atomic E-state index is 0.278. The highest BCUT2D eigenvalue weighted by Gasteiger charge is 2.26. The van der Waals surface area contributed by atoms with Crippen LogP contribution in [0.1, 0.15) is 30.5 Å². The molecule has 0 saturated carbocycles. The van der Waals surface area contributed by atoms with E-state index < -0.39 is 0 Å². The van der Waals surface area contributed by atoms with Gasteiger partial charge in [0.25, 0.3) is 0 Å². The summed E-state index contributed by atoms with van der Waals surface area (Å²) >= 11 is 5.42. The van der Waals surface area contributed by atoms with Gasteiger partial charge in [-0.1, -0.05) is 35.5 Å². The summed E-state index contributed by atoms with van der Waals surface area (Å²) in [6.45, 7) is 4.43. The first-order valence-electron chi connectivity index (χ1n) is 8.44. The predicted octanol–water partition coefficient (Wildman–Crippen LogP) is 3.14. The summed E-state index contributed by atoms with van der Waals surface area (Å²) in [7, 11) is 0. The van der Waals surface area contributed by atoms with Crippen LogP contribution >= 0.6 is 12.2 Å². The van der Waals surface area contributed by atoms with Crippen molar-refractivity contribution in [2.45, 2.75) is 32.4 Å². The molecule has 1 fully saturated rings. The molecule has 0 spiro atoms. The van der Waals surface area contributed by atoms with Crippen LogP contribution in [0.15, 0.2) is 34.9 Å². The minimum Gasteiger partial charge on any atom is -0.339 e. The van der Waals surface area contributed by atoms with E-state index in [1.807, 2.05) is 41.9 Å². The van der Waals surface area contributed by atoms with Crippen molar-refractivity contribution in [1.29, 1.82) is 0 Å². The van der Waals surface area contributed by atoms with E-state index in [0.29, 0.717) is 17.3 Å². The van der Waals surface area contributed by atoms with Crippen LogP contribution < -0.4 is 0 Å². The second kappa shape index (κ2) is 6.89. The van der Waals surface area contributed by atoms with E-state index >= 15 is 0 Å². The number of likely N-dealkylation sites (tertiary alicyclic amines) is 1. The number of H-pyrrole nitrogens is 1. The van der Waals surface area contributed by atoms with Crippen LogP contribution in [-0.2, 0) is 6.67 Å². The first kappa shape index (κ1) is 16.2. The van der Waals surface area contributed by atoms with Gasteiger partial charge in [0.1, 0.15) is 0 Å². The molecule has 3 heterocycles. The molecule has 4 rings (SSSR count). The molecule has 8 heteroatoms. The molecule has 0 radical (unpaired) electrons. The van der Waals surface area contributed by atoms with E-state index in [2.05, 4.69) is 25.1 Å². The second-order valence-electron chi connectivity index (χ2n) is 6.39. The number of nitrogens with zero attached hydrogens (tertiary/aromatic N) is 5. The van der Waals surface area contributed by atoms with Gasteiger partial charge in [-0.15, -0.1) is 0 Å². The molecule has 0 aliphatic carbocycles. The standard InChI is InChI=1S/C17H20N6OS/c1-12-18-16(24-21-12)14-8-5-9-22(10-14)11-23-17(25)19-15(20-23)13-6-3-2-4-7-13/h2-4,6-7,14H,5,8-11H2,1H3,(H,19,20,25)/t14-/m0/s1. The lowest BCUT2D eigenvalue weighted by atomic mass is 9.98. The molecule has 2 aromatic heterocycles. The number of aryl methyl sites for hydroxylation is 1. The van der Waals surface area contributed by atoms with Crippen molar-refractivity contribution >= 4 is 12.2 Å². The van der Waals surface area contributed by atoms with Crippen LogP contribution in [0, 0.1) is 11.7 Å². The average molecular weight is 356 g/mol. The van der Waals surface area contributed by atoms with Crippen molar-refractivity contribution in [3.8, 4) is 11.4 Å². The largest absolute Gasteiger partial charge is 0.339 e. The van der Waals surface area contributed by atoms with Crippen molar-refractivity contribution in [3.05, 3.63) is 46.8 Å². The molecule has 1 aromatic carbocycles. The molecule has 1 saturated heterocycles. The first-order chi connectivity index (χ1) is 12.2. The first-order valence-corrected chi connectivity index (χ1v) is 8.85. The number of benzene rings is 1. The Balaban J connectivity index is 1.48. The van der Waals surface area contributed by atoms with E-state index in [1.165, 1.54) is 0 Å². The molecule has 1 N–H and O–H groups in total. The number of hydrogen-bond acceptors (Lipinski definition) is 6. The van der Waals surface area contributed by atoms with Gasteiger partial charge in [-0.05, 0) is 38.5 Å². The molecule has 7 nitrogen and oxygen atoms in total. The van der Waals surface area contributed by atoms with Crippen molar-refractivity contribution in [3.63, 3.8) is 0 Å². The quantitative estimate of drug-likeness (QED) is 0.724. The Labute approximate surface area is 150 Å². The van der Waals surface area contributed by atoms with E-state index in [1.54, 1.807) is 0 Å². The summed E-state index contributed by atoms with van der Waals surface area (Å²) in [6.07, 6.45) is 2.17. The van der Waals surface area contributed by atoms with Crippen molar-refractivity contribution in [1.82, 2.24) is 29.8 Å². The van der Waals surface area contributed by atoms with E-state index in [4.69, 9.17) is 16.7 Å². The third-order valence-electron chi connectivity index (χ3n) is 4.47. The van der Waals surface area contributed by atoms with Crippen molar-refractivity contribution in [2.75, 3.05) is 13.1 Å². The number of aromatic nitrogens is 5. The number of hydrogen-bond donors (Lipinski definition) is 1. The van der Waals surface area contributed by atoms with Crippen LogP contribution in [-0.4, -0.2) is 42.9 Å². The second-order valence-corrected chi connectivity index (χ2v) is 6.75. The Morgan fingerprint density at radius 1 is 1.28 bits per heavy atom. The highest BCUT2D eigenvalue weighted by molar-refractivity contribution is 7.71. The monoisotopic (exact) mass is 356 g/mol. The summed E-state index contributed by atoms with van der Waals surface area (Å²) in [5.41, 5.74) is 1.03. The zero-order valence-electron chi connectivity index (χ0n) is 14.1. The van der Waals surface area contributed by atoms with Crippen LogP contribution in [0.4, 0.5) is 0 Å². The highest BCUT2D eigenvalue weighted by atomic mass is 32.1. The molecule has 1 aliphatic heterocycles. The summed E-state index contributed by atoms with van der Waals surface area (Å²) in [4.78, 5) is 11.2. The zero-order valence-corrected chi connectivity index (χ0v) is 14.9. The van der Waals surface area contributed by atoms with E-state index in [0.717, 1.165) is 43.2 Å². The van der Waals surface area contributed by atoms with Gasteiger partial charge >= 0.3 is 0 Å². The van der Waals surface area contributed by atoms with Gasteiger partial charge in [0.2, 0.25) is 10.7 Å². The van der Waals surface area contributed by atoms with Gasteiger partial charge in [-0.2, -0.15) is 9.97 Å². The van der Waals surface area contributed by atoms with Crippen molar-refractivity contribution < 1.29 is 4.52 Å². The Kier molecular flexibility index (Phi) is 4.46. The van der Waals surface area contributed by atoms with Crippen LogP contribution in [0.25, 0.3) is 11.4 Å². The molecule has 25 heavy (non-hydrogen) atoms. The molecule has 0 amide bonds. The maximum atomic E-state index is 5.42. The normalized spacial score (nSPS) is 18.5. The highest BCUT2D eigenvalue weighted by Crippen LogP contribution is 2.26. The average Bonchev–Trinajstić information content (AvgIpc) is 3.22. The van der Waals surface area contributed by atoms with Gasteiger partial charge < -0.3 is 4.52 Å². The number of rotatable bonds is 4. The van der Waals surface area contributed by atoms with Crippen LogP contribution in [0.3, 0.4) is 0 Å². The Hall–Kier alpha value is -2.32. The molecule has 1 aliphatic rings. The molecular formula is C17H20N6OS. The lowest BCUT2D eigenvalue weighted by Crippen LogP contribution is -2.36. The van der Waals surface area contributed by atoms with Crippen molar-refractivity contribution in [2.24, 2.45) is 0 Å². The zero-order chi connectivity index (χ0) is 17.2. The Morgan fingerprint density at radius 3 is 2.88 bits per heavy atom. The third-order valence-corrected chi connectivity index (χ3v) is 4.78. The maximum Gasteiger partial charge on any atom is 0.231 e. The lowest BCUT2D eigenvalue weighted by Gasteiger charge is -2.30. The summed E-state index contributed by atoms with van der Waals surface area (Å²) < 4.78 is 7.83. The Morgan fingerprint density at radius 2 is 2.12 bits per heavy atom. The smallest absolute Gasteiger partial charge is 0.231 e. The van der Waals surface area contributed by atoms with E-state index in [-0.39, 0.29) is 5.92 Å². The summed E-state index contributed by atoms with van der Waals surface area (Å²) in [5.74, 6) is 2.50. The third kappa shape index (κ3) is 3.54. The number of nitrogens with one attached hydrogen (secondary N) is 1. The fraction of sp³-hybridized carbons (Fsp3) is 0.412. The lowest BCUT2D eigenvalue weighted by molar-refractivity contribution is 0.143. The summed E-state index contributed by atoms with van der Waals surface area (Å²) in [5, 5.41) is 7.22. The molecule has 130 valence electrons. The molecule has 1 atom stereocenters. The van der Waals surface area contributed by atoms with Gasteiger partial charge in [0.05, 0.1) is 12.6 Å². The van der Waals surface area contributed by atoms with Gasteiger partial charge in [-0.25, -0.2) is 4.68 Å². The van der Waals surface area contributed by atoms with Crippen LogP contribution in [0.5, 0.6) is 0 Å². The number of piperidine rings is 1.